The fourth-order valence-electron chi connectivity index (χ4n) is 4.44. The minimum absolute atomic E-state index is 0.224. The molecule has 0 aliphatic carbocycles. The molecule has 1 saturated heterocycles. The topological polar surface area (TPSA) is 85.2 Å². The molecule has 4 heterocycles. The van der Waals surface area contributed by atoms with Crippen molar-refractivity contribution >= 4 is 11.7 Å². The summed E-state index contributed by atoms with van der Waals surface area (Å²) in [6.07, 6.45) is 5.75. The lowest BCUT2D eigenvalue weighted by atomic mass is 9.89. The molecule has 1 fully saturated rings. The van der Waals surface area contributed by atoms with Crippen LogP contribution in [0, 0.1) is 0 Å². The zero-order valence-corrected chi connectivity index (χ0v) is 18.3. The van der Waals surface area contributed by atoms with Gasteiger partial charge >= 0.3 is 0 Å². The van der Waals surface area contributed by atoms with Crippen LogP contribution >= 0.6 is 0 Å². The number of piperidine rings is 1. The van der Waals surface area contributed by atoms with Crippen LogP contribution in [0.4, 0.5) is 5.82 Å². The molecule has 1 aromatic carbocycles. The van der Waals surface area contributed by atoms with Crippen molar-refractivity contribution in [2.24, 2.45) is 0 Å². The Morgan fingerprint density at radius 2 is 1.97 bits per heavy atom. The lowest BCUT2D eigenvalue weighted by molar-refractivity contribution is 0.102. The Hall–Kier alpha value is -3.26. The summed E-state index contributed by atoms with van der Waals surface area (Å²) in [5, 5.41) is 11.2. The highest BCUT2D eigenvalue weighted by molar-refractivity contribution is 6.05. The van der Waals surface area contributed by atoms with Gasteiger partial charge < -0.3 is 19.5 Å². The number of fused-ring (bicyclic) bond motifs is 5. The van der Waals surface area contributed by atoms with E-state index in [1.165, 1.54) is 5.56 Å². The zero-order chi connectivity index (χ0) is 21.9. The monoisotopic (exact) mass is 432 g/mol. The average Bonchev–Trinajstić information content (AvgIpc) is 3.27. The van der Waals surface area contributed by atoms with E-state index in [1.54, 1.807) is 12.4 Å². The number of pyridine rings is 1. The highest BCUT2D eigenvalue weighted by atomic mass is 16.5. The van der Waals surface area contributed by atoms with Gasteiger partial charge in [-0.2, -0.15) is 0 Å². The maximum absolute atomic E-state index is 13.1. The predicted octanol–water partition coefficient (Wildman–Crippen LogP) is 3.57. The summed E-state index contributed by atoms with van der Waals surface area (Å²) >= 11 is 0. The molecule has 8 heteroatoms. The fraction of sp³-hybridized carbons (Fsp3) is 0.417. The molecule has 0 radical (unpaired) electrons. The van der Waals surface area contributed by atoms with Gasteiger partial charge in [0.15, 0.2) is 5.82 Å². The van der Waals surface area contributed by atoms with Crippen molar-refractivity contribution in [3.05, 3.63) is 53.9 Å². The number of nitrogens with zero attached hydrogens (tertiary/aromatic N) is 5. The average molecular weight is 433 g/mol. The molecule has 8 nitrogen and oxygen atoms in total. The number of nitrogens with one attached hydrogen (secondary N) is 1. The molecule has 2 bridgehead atoms. The summed E-state index contributed by atoms with van der Waals surface area (Å²) in [4.78, 5) is 20.1. The first-order valence-electron chi connectivity index (χ1n) is 11.3. The molecule has 32 heavy (non-hydrogen) atoms. The molecular formula is C24H28N6O2. The summed E-state index contributed by atoms with van der Waals surface area (Å²) in [7, 11) is 2.17. The number of likely N-dealkylation sites (tertiary alicyclic amines) is 1. The summed E-state index contributed by atoms with van der Waals surface area (Å²) in [6, 6.07) is 11.6. The van der Waals surface area contributed by atoms with Gasteiger partial charge in [-0.05, 0) is 81.6 Å². The zero-order valence-electron chi connectivity index (χ0n) is 18.3. The quantitative estimate of drug-likeness (QED) is 0.633. The van der Waals surface area contributed by atoms with Crippen molar-refractivity contribution in [2.75, 3.05) is 32.1 Å². The third kappa shape index (κ3) is 4.36. The largest absolute Gasteiger partial charge is 0.493 e. The Labute approximate surface area is 187 Å². The number of anilines is 1. The molecule has 2 aliphatic rings. The van der Waals surface area contributed by atoms with Gasteiger partial charge in [0, 0.05) is 6.54 Å². The molecule has 2 aliphatic heterocycles. The van der Waals surface area contributed by atoms with Gasteiger partial charge in [0.05, 0.1) is 12.2 Å². The van der Waals surface area contributed by atoms with Crippen LogP contribution in [0.3, 0.4) is 0 Å². The SMILES string of the molecule is CN1CCC(c2ccc3c(c2)OCCCCn2cnnc2-c2cccc(n2)NC3=O)CC1. The molecule has 1 amide bonds. The predicted molar refractivity (Wildman–Crippen MR) is 122 cm³/mol. The highest BCUT2D eigenvalue weighted by Crippen LogP contribution is 2.32. The molecule has 0 spiro atoms. The van der Waals surface area contributed by atoms with Crippen LogP contribution in [0.2, 0.25) is 0 Å². The van der Waals surface area contributed by atoms with E-state index in [4.69, 9.17) is 4.74 Å². The Balaban J connectivity index is 1.45. The number of ether oxygens (including phenoxy) is 1. The molecule has 2 aromatic heterocycles. The third-order valence-electron chi connectivity index (χ3n) is 6.33. The number of rotatable bonds is 1. The van der Waals surface area contributed by atoms with Crippen LogP contribution in [0.15, 0.2) is 42.7 Å². The molecule has 0 saturated carbocycles. The summed E-state index contributed by atoms with van der Waals surface area (Å²) in [6.45, 7) is 3.52. The van der Waals surface area contributed by atoms with E-state index >= 15 is 0 Å². The third-order valence-corrected chi connectivity index (χ3v) is 6.33. The number of carbonyl (C=O) groups excluding carboxylic acids is 1. The molecule has 5 rings (SSSR count). The molecule has 166 valence electrons. The Morgan fingerprint density at radius 3 is 2.84 bits per heavy atom. The van der Waals surface area contributed by atoms with E-state index < -0.39 is 0 Å². The van der Waals surface area contributed by atoms with Gasteiger partial charge in [0.1, 0.15) is 23.6 Å². The number of aromatic nitrogens is 4. The molecule has 0 atom stereocenters. The van der Waals surface area contributed by atoms with Crippen LogP contribution in [0.1, 0.15) is 47.5 Å². The van der Waals surface area contributed by atoms with Crippen LogP contribution in [-0.2, 0) is 6.54 Å². The molecular weight excluding hydrogens is 404 g/mol. The van der Waals surface area contributed by atoms with Crippen molar-refractivity contribution in [1.82, 2.24) is 24.6 Å². The normalized spacial score (nSPS) is 18.1. The Kier molecular flexibility index (Phi) is 5.85. The van der Waals surface area contributed by atoms with Gasteiger partial charge in [0.25, 0.3) is 5.91 Å². The number of hydrogen-bond donors (Lipinski definition) is 1. The molecule has 1 N–H and O–H groups in total. The van der Waals surface area contributed by atoms with E-state index in [9.17, 15) is 4.79 Å². The van der Waals surface area contributed by atoms with Gasteiger partial charge in [-0.3, -0.25) is 4.79 Å². The summed E-state index contributed by atoms with van der Waals surface area (Å²) in [5.41, 5.74) is 2.47. The second-order valence-electron chi connectivity index (χ2n) is 8.60. The maximum Gasteiger partial charge on any atom is 0.260 e. The first-order valence-corrected chi connectivity index (χ1v) is 11.3. The van der Waals surface area contributed by atoms with Gasteiger partial charge in [-0.1, -0.05) is 12.1 Å². The van der Waals surface area contributed by atoms with Crippen molar-refractivity contribution in [2.45, 2.75) is 38.1 Å². The van der Waals surface area contributed by atoms with Crippen LogP contribution < -0.4 is 10.1 Å². The van der Waals surface area contributed by atoms with E-state index in [0.29, 0.717) is 41.2 Å². The van der Waals surface area contributed by atoms with E-state index in [-0.39, 0.29) is 5.91 Å². The molecule has 0 unspecified atom stereocenters. The number of aryl methyl sites for hydroxylation is 1. The van der Waals surface area contributed by atoms with E-state index in [0.717, 1.165) is 45.3 Å². The van der Waals surface area contributed by atoms with Crippen molar-refractivity contribution in [3.63, 3.8) is 0 Å². The summed E-state index contributed by atoms with van der Waals surface area (Å²) < 4.78 is 8.14. The van der Waals surface area contributed by atoms with Crippen LogP contribution in [-0.4, -0.2) is 57.3 Å². The first kappa shape index (κ1) is 20.6. The van der Waals surface area contributed by atoms with Crippen molar-refractivity contribution < 1.29 is 9.53 Å². The van der Waals surface area contributed by atoms with E-state index in [2.05, 4.69) is 44.6 Å². The van der Waals surface area contributed by atoms with Gasteiger partial charge in [0.2, 0.25) is 0 Å². The smallest absolute Gasteiger partial charge is 0.260 e. The summed E-state index contributed by atoms with van der Waals surface area (Å²) in [5.74, 6) is 2.10. The Morgan fingerprint density at radius 1 is 1.09 bits per heavy atom. The fourth-order valence-corrected chi connectivity index (χ4v) is 4.44. The Bertz CT molecular complexity index is 1100. The number of hydrogen-bond acceptors (Lipinski definition) is 6. The van der Waals surface area contributed by atoms with Gasteiger partial charge in [-0.15, -0.1) is 10.2 Å². The lowest BCUT2D eigenvalue weighted by Crippen LogP contribution is -2.29. The first-order chi connectivity index (χ1) is 15.7. The number of benzene rings is 1. The highest BCUT2D eigenvalue weighted by Gasteiger charge is 2.22. The minimum atomic E-state index is -0.224. The van der Waals surface area contributed by atoms with Crippen molar-refractivity contribution in [1.29, 1.82) is 0 Å². The maximum atomic E-state index is 13.1. The second kappa shape index (κ2) is 9.08. The standard InChI is InChI=1S/C24H28N6O2/c1-29-12-9-17(10-13-29)18-7-8-19-21(15-18)32-14-3-2-11-30-16-25-28-23(30)20-5-4-6-22(26-20)27-24(19)31/h4-8,15-17H,2-3,9-14H2,1H3,(H,26,27,31). The number of amides is 1. The second-order valence-corrected chi connectivity index (χ2v) is 8.60. The van der Waals surface area contributed by atoms with Crippen molar-refractivity contribution in [3.8, 4) is 17.3 Å². The van der Waals surface area contributed by atoms with Crippen LogP contribution in [0.5, 0.6) is 5.75 Å². The van der Waals surface area contributed by atoms with Gasteiger partial charge in [-0.25, -0.2) is 4.98 Å². The molecule has 3 aromatic rings. The lowest BCUT2D eigenvalue weighted by Gasteiger charge is -2.29. The number of carbonyl (C=O) groups is 1. The van der Waals surface area contributed by atoms with Crippen LogP contribution in [0.25, 0.3) is 11.5 Å². The van der Waals surface area contributed by atoms with E-state index in [1.807, 2.05) is 22.8 Å². The minimum Gasteiger partial charge on any atom is -0.493 e.